The molecule has 0 amide bonds. The monoisotopic (exact) mass is 377 g/mol. The fraction of sp³-hybridized carbons (Fsp3) is 0.650. The van der Waals surface area contributed by atoms with Crippen LogP contribution in [0, 0.1) is 0 Å². The predicted octanol–water partition coefficient (Wildman–Crippen LogP) is 4.34. The summed E-state index contributed by atoms with van der Waals surface area (Å²) < 4.78 is 8.13. The highest BCUT2D eigenvalue weighted by Gasteiger charge is 2.36. The van der Waals surface area contributed by atoms with E-state index in [-0.39, 0.29) is 5.04 Å². The summed E-state index contributed by atoms with van der Waals surface area (Å²) in [5, 5.41) is 10.3. The van der Waals surface area contributed by atoms with Crippen LogP contribution in [0.25, 0.3) is 11.0 Å². The van der Waals surface area contributed by atoms with Gasteiger partial charge in [0, 0.05) is 6.61 Å². The number of aliphatic hydroxyl groups is 1. The largest absolute Gasteiger partial charge is 0.417 e. The average Bonchev–Trinajstić information content (AvgIpc) is 2.76. The van der Waals surface area contributed by atoms with Crippen molar-refractivity contribution in [3.05, 3.63) is 23.8 Å². The molecule has 1 aromatic carbocycles. The van der Waals surface area contributed by atoms with Crippen LogP contribution in [0.3, 0.4) is 0 Å². The van der Waals surface area contributed by atoms with Gasteiger partial charge in [-0.1, -0.05) is 26.8 Å². The molecule has 5 nitrogen and oxygen atoms in total. The van der Waals surface area contributed by atoms with E-state index in [1.807, 2.05) is 4.57 Å². The molecule has 6 heteroatoms. The van der Waals surface area contributed by atoms with E-state index in [9.17, 15) is 5.11 Å². The highest BCUT2D eigenvalue weighted by atomic mass is 28.4. The molecule has 2 rings (SSSR count). The molecule has 1 aromatic heterocycles. The minimum Gasteiger partial charge on any atom is -0.417 e. The van der Waals surface area contributed by atoms with Gasteiger partial charge in [-0.3, -0.25) is 0 Å². The first kappa shape index (κ1) is 20.9. The van der Waals surface area contributed by atoms with Crippen molar-refractivity contribution in [2.45, 2.75) is 77.7 Å². The Labute approximate surface area is 158 Å². The van der Waals surface area contributed by atoms with E-state index in [1.54, 1.807) is 13.8 Å². The van der Waals surface area contributed by atoms with Gasteiger partial charge in [0.1, 0.15) is 0 Å². The highest BCUT2D eigenvalue weighted by Crippen LogP contribution is 2.36. The lowest BCUT2D eigenvalue weighted by Crippen LogP contribution is -2.41. The van der Waals surface area contributed by atoms with E-state index in [4.69, 9.17) is 10.2 Å². The molecule has 0 aliphatic rings. The predicted molar refractivity (Wildman–Crippen MR) is 112 cm³/mol. The molecular formula is C20H35N3O2Si. The van der Waals surface area contributed by atoms with Crippen molar-refractivity contribution < 1.29 is 9.53 Å². The van der Waals surface area contributed by atoms with Gasteiger partial charge in [0.25, 0.3) is 0 Å². The van der Waals surface area contributed by atoms with Crippen molar-refractivity contribution in [2.75, 3.05) is 12.3 Å². The molecule has 0 saturated heterocycles. The lowest BCUT2D eigenvalue weighted by molar-refractivity contribution is 0.0633. The third-order valence-corrected chi connectivity index (χ3v) is 9.80. The van der Waals surface area contributed by atoms with Crippen LogP contribution in [0.2, 0.25) is 18.1 Å². The van der Waals surface area contributed by atoms with Gasteiger partial charge < -0.3 is 19.8 Å². The number of nitrogens with two attached hydrogens (primary N) is 1. The molecule has 1 heterocycles. The number of rotatable bonds is 7. The molecule has 0 spiro atoms. The van der Waals surface area contributed by atoms with Crippen molar-refractivity contribution in [1.29, 1.82) is 0 Å². The number of nitrogen functional groups attached to an aromatic ring is 1. The van der Waals surface area contributed by atoms with Gasteiger partial charge in [0.05, 0.1) is 23.2 Å². The molecule has 0 aliphatic heterocycles. The zero-order chi connectivity index (χ0) is 19.8. The number of fused-ring (bicyclic) bond motifs is 1. The summed E-state index contributed by atoms with van der Waals surface area (Å²) in [7, 11) is -1.67. The molecule has 3 N–H and O–H groups in total. The number of benzene rings is 1. The van der Waals surface area contributed by atoms with Gasteiger partial charge in [-0.25, -0.2) is 4.98 Å². The summed E-state index contributed by atoms with van der Waals surface area (Å²) in [6.45, 7) is 16.1. The molecule has 2 aromatic rings. The quantitative estimate of drug-likeness (QED) is 0.556. The van der Waals surface area contributed by atoms with Crippen molar-refractivity contribution in [3.63, 3.8) is 0 Å². The molecule has 0 saturated carbocycles. The summed E-state index contributed by atoms with van der Waals surface area (Å²) in [6.07, 6.45) is 1.96. The SMILES string of the molecule is CC(C)(O)Cn1c(N)nc2cc(CCCO[Si](C)(C)C(C)(C)C)ccc21. The Morgan fingerprint density at radius 3 is 2.42 bits per heavy atom. The maximum atomic E-state index is 10.1. The van der Waals surface area contributed by atoms with Crippen LogP contribution < -0.4 is 5.73 Å². The zero-order valence-corrected chi connectivity index (χ0v) is 18.4. The van der Waals surface area contributed by atoms with Crippen molar-refractivity contribution in [3.8, 4) is 0 Å². The third-order valence-electron chi connectivity index (χ3n) is 5.27. The lowest BCUT2D eigenvalue weighted by atomic mass is 10.1. The molecule has 0 bridgehead atoms. The Kier molecular flexibility index (Phi) is 5.90. The average molecular weight is 378 g/mol. The zero-order valence-electron chi connectivity index (χ0n) is 17.4. The molecule has 146 valence electrons. The van der Waals surface area contributed by atoms with Crippen LogP contribution in [-0.4, -0.2) is 35.2 Å². The van der Waals surface area contributed by atoms with E-state index in [1.165, 1.54) is 5.56 Å². The van der Waals surface area contributed by atoms with E-state index in [0.29, 0.717) is 12.5 Å². The van der Waals surface area contributed by atoms with Gasteiger partial charge in [-0.05, 0) is 62.5 Å². The molecule has 0 unspecified atom stereocenters. The second kappa shape index (κ2) is 7.33. The molecule has 0 radical (unpaired) electrons. The van der Waals surface area contributed by atoms with E-state index in [0.717, 1.165) is 30.5 Å². The molecular weight excluding hydrogens is 342 g/mol. The number of hydrogen-bond acceptors (Lipinski definition) is 4. The Balaban J connectivity index is 2.02. The molecule has 0 fully saturated rings. The standard InChI is InChI=1S/C20H35N3O2Si/c1-19(2,3)26(6,7)25-12-8-9-15-10-11-17-16(13-15)22-18(21)23(17)14-20(4,5)24/h10-11,13,24H,8-9,12,14H2,1-7H3,(H2,21,22). The summed E-state index contributed by atoms with van der Waals surface area (Å²) in [5.41, 5.74) is 8.30. The van der Waals surface area contributed by atoms with Gasteiger partial charge >= 0.3 is 0 Å². The number of nitrogens with zero attached hydrogens (tertiary/aromatic N) is 2. The van der Waals surface area contributed by atoms with E-state index < -0.39 is 13.9 Å². The number of anilines is 1. The summed E-state index contributed by atoms with van der Waals surface area (Å²) in [6, 6.07) is 6.27. The van der Waals surface area contributed by atoms with Gasteiger partial charge in [0.15, 0.2) is 8.32 Å². The summed E-state index contributed by atoms with van der Waals surface area (Å²) in [5.74, 6) is 0.445. The topological polar surface area (TPSA) is 73.3 Å². The lowest BCUT2D eigenvalue weighted by Gasteiger charge is -2.36. The van der Waals surface area contributed by atoms with Crippen LogP contribution in [0.5, 0.6) is 0 Å². The minimum absolute atomic E-state index is 0.247. The van der Waals surface area contributed by atoms with Gasteiger partial charge in [0.2, 0.25) is 5.95 Å². The second-order valence-electron chi connectivity index (χ2n) is 9.40. The summed E-state index contributed by atoms with van der Waals surface area (Å²) in [4.78, 5) is 4.46. The second-order valence-corrected chi connectivity index (χ2v) is 14.2. The fourth-order valence-corrected chi connectivity index (χ4v) is 3.81. The van der Waals surface area contributed by atoms with Crippen molar-refractivity contribution >= 4 is 25.3 Å². The number of aryl methyl sites for hydroxylation is 1. The fourth-order valence-electron chi connectivity index (χ4n) is 2.72. The Morgan fingerprint density at radius 1 is 1.19 bits per heavy atom. The number of aromatic nitrogens is 2. The Bertz CT molecular complexity index is 755. The number of imidazole rings is 1. The first-order valence-corrected chi connectivity index (χ1v) is 12.3. The minimum atomic E-state index is -1.67. The Hall–Kier alpha value is -1.37. The van der Waals surface area contributed by atoms with Crippen molar-refractivity contribution in [1.82, 2.24) is 9.55 Å². The first-order valence-electron chi connectivity index (χ1n) is 9.41. The van der Waals surface area contributed by atoms with E-state index >= 15 is 0 Å². The summed E-state index contributed by atoms with van der Waals surface area (Å²) >= 11 is 0. The van der Waals surface area contributed by atoms with Crippen LogP contribution in [0.1, 0.15) is 46.6 Å². The van der Waals surface area contributed by atoms with Gasteiger partial charge in [-0.15, -0.1) is 0 Å². The molecule has 26 heavy (non-hydrogen) atoms. The number of hydrogen-bond donors (Lipinski definition) is 2. The van der Waals surface area contributed by atoms with Crippen LogP contribution in [0.15, 0.2) is 18.2 Å². The normalized spacial score (nSPS) is 13.5. The smallest absolute Gasteiger partial charge is 0.201 e. The van der Waals surface area contributed by atoms with Crippen LogP contribution in [-0.2, 0) is 17.4 Å². The Morgan fingerprint density at radius 2 is 1.85 bits per heavy atom. The van der Waals surface area contributed by atoms with Crippen LogP contribution in [0.4, 0.5) is 5.95 Å². The van der Waals surface area contributed by atoms with Gasteiger partial charge in [-0.2, -0.15) is 0 Å². The maximum Gasteiger partial charge on any atom is 0.201 e. The van der Waals surface area contributed by atoms with E-state index in [2.05, 4.69) is 57.0 Å². The highest BCUT2D eigenvalue weighted by molar-refractivity contribution is 6.74. The molecule has 0 aliphatic carbocycles. The van der Waals surface area contributed by atoms with Crippen LogP contribution >= 0.6 is 0 Å². The molecule has 0 atom stereocenters. The first-order chi connectivity index (χ1) is 11.8. The third kappa shape index (κ3) is 5.08. The maximum absolute atomic E-state index is 10.1. The van der Waals surface area contributed by atoms with Crippen molar-refractivity contribution in [2.24, 2.45) is 0 Å².